The molecule has 0 aliphatic rings. The molecule has 0 amide bonds. The summed E-state index contributed by atoms with van der Waals surface area (Å²) in [7, 11) is 3.45. The second-order valence-corrected chi connectivity index (χ2v) is 8.46. The number of imidazole rings is 1. The molecular weight excluding hydrogens is 463 g/mol. The first kappa shape index (κ1) is 23.7. The summed E-state index contributed by atoms with van der Waals surface area (Å²) in [5.74, 6) is 1.08. The number of rotatable bonds is 6. The van der Waals surface area contributed by atoms with Crippen LogP contribution in [0.15, 0.2) is 72.9 Å². The topological polar surface area (TPSA) is 53.1 Å². The third kappa shape index (κ3) is 5.04. The van der Waals surface area contributed by atoms with Crippen LogP contribution in [0.2, 0.25) is 5.02 Å². The zero-order chi connectivity index (χ0) is 24.5. The minimum absolute atomic E-state index is 0.0520. The number of anilines is 1. The minimum Gasteiger partial charge on any atom is -0.497 e. The highest BCUT2D eigenvalue weighted by molar-refractivity contribution is 6.33. The number of nitrogens with zero attached hydrogens (tertiary/aromatic N) is 2. The highest BCUT2D eigenvalue weighted by atomic mass is 35.5. The van der Waals surface area contributed by atoms with Crippen molar-refractivity contribution in [3.63, 3.8) is 0 Å². The van der Waals surface area contributed by atoms with Crippen LogP contribution in [0.4, 0.5) is 19.1 Å². The van der Waals surface area contributed by atoms with Gasteiger partial charge in [-0.3, -0.25) is 0 Å². The Labute approximate surface area is 200 Å². The summed E-state index contributed by atoms with van der Waals surface area (Å²) in [6.45, 7) is 0. The number of halogens is 4. The van der Waals surface area contributed by atoms with E-state index < -0.39 is 11.7 Å². The molecule has 0 bridgehead atoms. The van der Waals surface area contributed by atoms with E-state index in [-0.39, 0.29) is 10.9 Å². The van der Waals surface area contributed by atoms with Crippen molar-refractivity contribution < 1.29 is 17.9 Å². The second kappa shape index (κ2) is 9.43. The predicted octanol–water partition coefficient (Wildman–Crippen LogP) is 6.72. The molecule has 1 atom stereocenters. The van der Waals surface area contributed by atoms with Gasteiger partial charge in [-0.2, -0.15) is 13.2 Å². The molecule has 1 unspecified atom stereocenters. The molecule has 176 valence electrons. The van der Waals surface area contributed by atoms with Gasteiger partial charge in [-0.25, -0.2) is 4.98 Å². The number of methoxy groups -OCH3 is 1. The van der Waals surface area contributed by atoms with Crippen LogP contribution in [0.3, 0.4) is 0 Å². The Morgan fingerprint density at radius 2 is 1.79 bits per heavy atom. The second-order valence-electron chi connectivity index (χ2n) is 8.06. The Balaban J connectivity index is 1.69. The van der Waals surface area contributed by atoms with Crippen LogP contribution in [0.5, 0.6) is 5.75 Å². The molecule has 34 heavy (non-hydrogen) atoms. The van der Waals surface area contributed by atoms with Crippen LogP contribution in [-0.4, -0.2) is 16.7 Å². The van der Waals surface area contributed by atoms with E-state index in [1.807, 2.05) is 61.8 Å². The van der Waals surface area contributed by atoms with E-state index in [4.69, 9.17) is 22.1 Å². The molecule has 8 heteroatoms. The van der Waals surface area contributed by atoms with Gasteiger partial charge in [-0.1, -0.05) is 54.1 Å². The van der Waals surface area contributed by atoms with Gasteiger partial charge in [0.1, 0.15) is 5.75 Å². The van der Waals surface area contributed by atoms with E-state index in [1.54, 1.807) is 11.7 Å². The van der Waals surface area contributed by atoms with Crippen LogP contribution in [0.1, 0.15) is 28.3 Å². The van der Waals surface area contributed by atoms with Gasteiger partial charge in [0.25, 0.3) is 0 Å². The summed E-state index contributed by atoms with van der Waals surface area (Å²) >= 11 is 6.23. The van der Waals surface area contributed by atoms with E-state index in [2.05, 4.69) is 4.98 Å². The number of hydrogen-bond donors (Lipinski definition) is 1. The number of aromatic nitrogens is 2. The van der Waals surface area contributed by atoms with E-state index in [0.717, 1.165) is 40.3 Å². The fourth-order valence-corrected chi connectivity index (χ4v) is 4.22. The number of benzene rings is 3. The van der Waals surface area contributed by atoms with E-state index in [0.29, 0.717) is 17.9 Å². The molecule has 0 fully saturated rings. The molecule has 2 N–H and O–H groups in total. The van der Waals surface area contributed by atoms with Crippen molar-refractivity contribution in [2.45, 2.75) is 18.5 Å². The molecule has 4 rings (SSSR count). The van der Waals surface area contributed by atoms with Crippen LogP contribution in [0.25, 0.3) is 11.1 Å². The van der Waals surface area contributed by atoms with Gasteiger partial charge in [0.2, 0.25) is 0 Å². The number of aryl methyl sites for hydroxylation is 1. The lowest BCUT2D eigenvalue weighted by molar-refractivity contribution is -0.137. The van der Waals surface area contributed by atoms with Crippen molar-refractivity contribution in [2.75, 3.05) is 12.8 Å². The van der Waals surface area contributed by atoms with Crippen LogP contribution < -0.4 is 10.5 Å². The Morgan fingerprint density at radius 1 is 1.06 bits per heavy atom. The Morgan fingerprint density at radius 3 is 2.38 bits per heavy atom. The van der Waals surface area contributed by atoms with Gasteiger partial charge in [-0.05, 0) is 47.4 Å². The smallest absolute Gasteiger partial charge is 0.416 e. The molecule has 0 saturated heterocycles. The lowest BCUT2D eigenvalue weighted by Gasteiger charge is -2.17. The molecular formula is C26H23ClF3N3O. The predicted molar refractivity (Wildman–Crippen MR) is 128 cm³/mol. The highest BCUT2D eigenvalue weighted by Crippen LogP contribution is 2.37. The zero-order valence-corrected chi connectivity index (χ0v) is 19.4. The van der Waals surface area contributed by atoms with Crippen molar-refractivity contribution in [1.82, 2.24) is 9.55 Å². The lowest BCUT2D eigenvalue weighted by Crippen LogP contribution is -2.06. The number of ether oxygens (including phenoxy) is 1. The maximum absolute atomic E-state index is 13.0. The summed E-state index contributed by atoms with van der Waals surface area (Å²) in [5.41, 5.74) is 9.35. The fourth-order valence-electron chi connectivity index (χ4n) is 3.93. The van der Waals surface area contributed by atoms with Crippen LogP contribution in [-0.2, 0) is 19.6 Å². The third-order valence-corrected chi connectivity index (χ3v) is 6.09. The SMILES string of the molecule is COc1ccc(C(Cc2cccc(-c3ccc(C(F)(F)F)cc3Cl)c2)c2cn(C)c(N)n2)cc1. The Kier molecular flexibility index (Phi) is 6.57. The van der Waals surface area contributed by atoms with Crippen LogP contribution >= 0.6 is 11.6 Å². The van der Waals surface area contributed by atoms with Crippen molar-refractivity contribution in [1.29, 1.82) is 0 Å². The van der Waals surface area contributed by atoms with Gasteiger partial charge in [0.15, 0.2) is 5.95 Å². The van der Waals surface area contributed by atoms with Gasteiger partial charge in [-0.15, -0.1) is 0 Å². The Bertz CT molecular complexity index is 1280. The normalized spacial score (nSPS) is 12.5. The van der Waals surface area contributed by atoms with E-state index in [1.165, 1.54) is 6.07 Å². The summed E-state index contributed by atoms with van der Waals surface area (Å²) in [5, 5.41) is 0.0520. The molecule has 0 aliphatic heterocycles. The lowest BCUT2D eigenvalue weighted by atomic mass is 9.88. The largest absolute Gasteiger partial charge is 0.497 e. The third-order valence-electron chi connectivity index (χ3n) is 5.78. The number of hydrogen-bond acceptors (Lipinski definition) is 3. The maximum Gasteiger partial charge on any atom is 0.416 e. The number of alkyl halides is 3. The molecule has 3 aromatic carbocycles. The molecule has 0 saturated carbocycles. The van der Waals surface area contributed by atoms with Gasteiger partial charge in [0.05, 0.1) is 18.4 Å². The standard InChI is InChI=1S/C26H23ClF3N3O/c1-33-15-24(32-25(33)31)22(17-6-9-20(34-2)10-7-17)13-16-4-3-5-18(12-16)21-11-8-19(14-23(21)27)26(28,29)30/h3-12,14-15,22H,13H2,1-2H3,(H2,31,32). The first-order valence-electron chi connectivity index (χ1n) is 10.5. The minimum atomic E-state index is -4.44. The number of nitrogens with two attached hydrogens (primary N) is 1. The van der Waals surface area contributed by atoms with E-state index >= 15 is 0 Å². The van der Waals surface area contributed by atoms with Crippen LogP contribution in [0, 0.1) is 0 Å². The Hall–Kier alpha value is -3.45. The molecule has 0 radical (unpaired) electrons. The van der Waals surface area contributed by atoms with Gasteiger partial charge in [0, 0.05) is 29.7 Å². The summed E-state index contributed by atoms with van der Waals surface area (Å²) in [6, 6.07) is 18.8. The molecule has 0 aliphatic carbocycles. The molecule has 4 aromatic rings. The first-order valence-corrected chi connectivity index (χ1v) is 10.9. The maximum atomic E-state index is 13.0. The average Bonchev–Trinajstić information content (AvgIpc) is 3.15. The first-order chi connectivity index (χ1) is 16.2. The van der Waals surface area contributed by atoms with Crippen molar-refractivity contribution in [2.24, 2.45) is 7.05 Å². The average molecular weight is 486 g/mol. The van der Waals surface area contributed by atoms with Gasteiger partial charge < -0.3 is 15.0 Å². The highest BCUT2D eigenvalue weighted by Gasteiger charge is 2.31. The summed E-state index contributed by atoms with van der Waals surface area (Å²) < 4.78 is 46.1. The molecule has 1 aromatic heterocycles. The molecule has 0 spiro atoms. The van der Waals surface area contributed by atoms with Crippen molar-refractivity contribution in [3.05, 3.63) is 100 Å². The summed E-state index contributed by atoms with van der Waals surface area (Å²) in [6.07, 6.45) is -1.93. The van der Waals surface area contributed by atoms with Crippen molar-refractivity contribution in [3.8, 4) is 16.9 Å². The quantitative estimate of drug-likeness (QED) is 0.329. The fraction of sp³-hybridized carbons (Fsp3) is 0.192. The number of nitrogen functional groups attached to an aromatic ring is 1. The summed E-state index contributed by atoms with van der Waals surface area (Å²) in [4.78, 5) is 4.53. The van der Waals surface area contributed by atoms with Crippen molar-refractivity contribution >= 4 is 17.5 Å². The zero-order valence-electron chi connectivity index (χ0n) is 18.6. The van der Waals surface area contributed by atoms with E-state index in [9.17, 15) is 13.2 Å². The molecule has 1 heterocycles. The van der Waals surface area contributed by atoms with Gasteiger partial charge >= 0.3 is 6.18 Å². The molecule has 4 nitrogen and oxygen atoms in total. The monoisotopic (exact) mass is 485 g/mol.